The summed E-state index contributed by atoms with van der Waals surface area (Å²) in [7, 11) is 4.49. The summed E-state index contributed by atoms with van der Waals surface area (Å²) in [4.78, 5) is 35.7. The number of nitrogens with one attached hydrogen (secondary N) is 3. The van der Waals surface area contributed by atoms with Crippen LogP contribution in [0.5, 0.6) is 0 Å². The molecule has 1 aliphatic rings. The van der Waals surface area contributed by atoms with Crippen LogP contribution in [-0.4, -0.2) is 22.2 Å². The number of methoxy groups -OCH3 is 1. The van der Waals surface area contributed by atoms with Crippen LogP contribution in [0, 0.1) is 0 Å². The normalized spacial score (nSPS) is 13.3. The molecule has 2 rings (SSSR count). The van der Waals surface area contributed by atoms with Gasteiger partial charge in [0.25, 0.3) is 5.56 Å². The van der Waals surface area contributed by atoms with E-state index in [1.807, 2.05) is 12.2 Å². The Kier molecular flexibility index (Phi) is 6.05. The molecule has 1 heterocycles. The van der Waals surface area contributed by atoms with Crippen molar-refractivity contribution in [2.45, 2.75) is 19.3 Å². The van der Waals surface area contributed by atoms with Crippen LogP contribution < -0.4 is 27.4 Å². The van der Waals surface area contributed by atoms with Gasteiger partial charge in [0.05, 0.1) is 19.2 Å². The zero-order chi connectivity index (χ0) is 19.3. The molecule has 1 amide bonds. The lowest BCUT2D eigenvalue weighted by Crippen LogP contribution is -2.39. The largest absolute Gasteiger partial charge is 0.499 e. The molecule has 140 valence electrons. The zero-order valence-corrected chi connectivity index (χ0v) is 15.1. The molecule has 0 atom stereocenters. The molecule has 0 aromatic carbocycles. The third kappa shape index (κ3) is 4.44. The highest BCUT2D eigenvalue weighted by Crippen LogP contribution is 2.17. The Morgan fingerprint density at radius 1 is 1.31 bits per heavy atom. The average molecular weight is 361 g/mol. The molecule has 0 spiro atoms. The summed E-state index contributed by atoms with van der Waals surface area (Å²) in [5.41, 5.74) is 5.55. The van der Waals surface area contributed by atoms with E-state index in [1.54, 1.807) is 7.11 Å². The molecule has 1 aromatic rings. The number of carbonyl (C=O) groups is 1. The topological polar surface area (TPSA) is 106 Å². The van der Waals surface area contributed by atoms with E-state index in [0.29, 0.717) is 11.4 Å². The molecular weight excluding hydrogens is 338 g/mol. The first-order valence-electron chi connectivity index (χ1n) is 8.04. The van der Waals surface area contributed by atoms with E-state index in [0.717, 1.165) is 23.2 Å². The molecular formula is C17H23N5O4. The number of hydrogen-bond donors (Lipinski definition) is 3. The summed E-state index contributed by atoms with van der Waals surface area (Å²) in [6.45, 7) is 3.76. The minimum atomic E-state index is -0.465. The minimum absolute atomic E-state index is 0.000123. The molecule has 1 aliphatic carbocycles. The molecule has 1 aromatic heterocycles. The molecule has 0 unspecified atom stereocenters. The second-order valence-electron chi connectivity index (χ2n) is 5.83. The quantitative estimate of drug-likeness (QED) is 0.600. The summed E-state index contributed by atoms with van der Waals surface area (Å²) in [6, 6.07) is 1.27. The summed E-state index contributed by atoms with van der Waals surface area (Å²) in [5, 5.41) is 2.78. The first-order valence-corrected chi connectivity index (χ1v) is 8.04. The van der Waals surface area contributed by atoms with Crippen LogP contribution in [0.15, 0.2) is 51.5 Å². The van der Waals surface area contributed by atoms with Crippen LogP contribution in [0.4, 0.5) is 5.82 Å². The molecule has 3 N–H and O–H groups in total. The number of rotatable bonds is 7. The average Bonchev–Trinajstić information content (AvgIpc) is 2.62. The molecule has 0 fully saturated rings. The van der Waals surface area contributed by atoms with Gasteiger partial charge < -0.3 is 15.5 Å². The molecule has 9 nitrogen and oxygen atoms in total. The van der Waals surface area contributed by atoms with E-state index in [1.165, 1.54) is 24.7 Å². The lowest BCUT2D eigenvalue weighted by atomic mass is 10.1. The van der Waals surface area contributed by atoms with Crippen LogP contribution in [-0.2, 0) is 23.6 Å². The molecule has 0 saturated heterocycles. The lowest BCUT2D eigenvalue weighted by molar-refractivity contribution is -0.119. The number of carbonyl (C=O) groups excluding carboxylic acids is 1. The van der Waals surface area contributed by atoms with Gasteiger partial charge in [0.2, 0.25) is 5.91 Å². The van der Waals surface area contributed by atoms with E-state index in [2.05, 4.69) is 22.7 Å². The summed E-state index contributed by atoms with van der Waals surface area (Å²) >= 11 is 0. The van der Waals surface area contributed by atoms with Crippen molar-refractivity contribution in [3.05, 3.63) is 62.8 Å². The maximum absolute atomic E-state index is 12.1. The minimum Gasteiger partial charge on any atom is -0.499 e. The highest BCUT2D eigenvalue weighted by Gasteiger charge is 2.13. The number of amides is 1. The van der Waals surface area contributed by atoms with E-state index in [4.69, 9.17) is 4.74 Å². The van der Waals surface area contributed by atoms with Gasteiger partial charge in [0.1, 0.15) is 11.6 Å². The third-order valence-corrected chi connectivity index (χ3v) is 3.91. The van der Waals surface area contributed by atoms with Crippen molar-refractivity contribution < 1.29 is 9.53 Å². The summed E-state index contributed by atoms with van der Waals surface area (Å²) < 4.78 is 7.52. The molecule has 0 bridgehead atoms. The smallest absolute Gasteiger partial charge is 0.332 e. The Labute approximate surface area is 150 Å². The van der Waals surface area contributed by atoms with Crippen LogP contribution in [0.3, 0.4) is 0 Å². The first-order chi connectivity index (χ1) is 12.3. The Balaban J connectivity index is 1.94. The number of aromatic nitrogens is 2. The molecule has 0 aliphatic heterocycles. The van der Waals surface area contributed by atoms with Gasteiger partial charge in [-0.2, -0.15) is 0 Å². The highest BCUT2D eigenvalue weighted by molar-refractivity contribution is 5.80. The Bertz CT molecular complexity index is 891. The number of allylic oxidation sites excluding steroid dienone is 3. The number of anilines is 1. The summed E-state index contributed by atoms with van der Waals surface area (Å²) in [6.07, 6.45) is 5.38. The van der Waals surface area contributed by atoms with Crippen LogP contribution in [0.1, 0.15) is 19.3 Å². The molecule has 9 heteroatoms. The fourth-order valence-electron chi connectivity index (χ4n) is 2.40. The predicted octanol–water partition coefficient (Wildman–Crippen LogP) is 0.229. The van der Waals surface area contributed by atoms with E-state index in [-0.39, 0.29) is 18.1 Å². The van der Waals surface area contributed by atoms with Gasteiger partial charge in [-0.15, -0.1) is 0 Å². The van der Waals surface area contributed by atoms with Crippen LogP contribution >= 0.6 is 0 Å². The zero-order valence-electron chi connectivity index (χ0n) is 15.1. The lowest BCUT2D eigenvalue weighted by Gasteiger charge is -2.17. The Hall–Kier alpha value is -3.23. The van der Waals surface area contributed by atoms with Gasteiger partial charge in [-0.1, -0.05) is 12.7 Å². The fraction of sp³-hybridized carbons (Fsp3) is 0.353. The van der Waals surface area contributed by atoms with Crippen LogP contribution in [0.25, 0.3) is 0 Å². The van der Waals surface area contributed by atoms with E-state index in [9.17, 15) is 14.4 Å². The maximum Gasteiger partial charge on any atom is 0.332 e. The van der Waals surface area contributed by atoms with Gasteiger partial charge in [0, 0.05) is 32.3 Å². The number of nitrogens with zero attached hydrogens (tertiary/aromatic N) is 2. The predicted molar refractivity (Wildman–Crippen MR) is 98.0 cm³/mol. The van der Waals surface area contributed by atoms with E-state index >= 15 is 0 Å². The second-order valence-corrected chi connectivity index (χ2v) is 5.83. The van der Waals surface area contributed by atoms with Gasteiger partial charge in [-0.3, -0.25) is 24.1 Å². The number of hydrogen-bond acceptors (Lipinski definition) is 6. The highest BCUT2D eigenvalue weighted by atomic mass is 16.5. The molecule has 26 heavy (non-hydrogen) atoms. The standard InChI is InChI=1S/C17H23N5O4/c1-11(9-15(23)18-12-7-5-6-8-13(12)26-4)19-20-14-10-16(24)22(3)17(25)21(14)2/h5,7,10,19-20H,1,6,8-9H2,2-4H3,(H,18,23). The van der Waals surface area contributed by atoms with Crippen molar-refractivity contribution in [1.29, 1.82) is 0 Å². The van der Waals surface area contributed by atoms with Gasteiger partial charge >= 0.3 is 5.69 Å². The number of hydrazine groups is 1. The van der Waals surface area contributed by atoms with Gasteiger partial charge in [0.15, 0.2) is 0 Å². The SMILES string of the molecule is C=C(CC(=O)NC1=C(OC)CCC=C1)NNc1cc(=O)n(C)c(=O)n1C. The van der Waals surface area contributed by atoms with Crippen molar-refractivity contribution in [3.8, 4) is 0 Å². The molecule has 0 radical (unpaired) electrons. The van der Waals surface area contributed by atoms with Crippen molar-refractivity contribution in [1.82, 2.24) is 19.9 Å². The van der Waals surface area contributed by atoms with Gasteiger partial charge in [-0.25, -0.2) is 4.79 Å². The number of ether oxygens (including phenoxy) is 1. The van der Waals surface area contributed by atoms with Gasteiger partial charge in [-0.05, 0) is 12.5 Å². The third-order valence-electron chi connectivity index (χ3n) is 3.91. The Morgan fingerprint density at radius 3 is 2.73 bits per heavy atom. The van der Waals surface area contributed by atoms with Crippen molar-refractivity contribution in [2.75, 3.05) is 12.5 Å². The van der Waals surface area contributed by atoms with Crippen LogP contribution in [0.2, 0.25) is 0 Å². The summed E-state index contributed by atoms with van der Waals surface area (Å²) in [5.74, 6) is 0.727. The first kappa shape index (κ1) is 19.1. The monoisotopic (exact) mass is 361 g/mol. The fourth-order valence-corrected chi connectivity index (χ4v) is 2.40. The maximum atomic E-state index is 12.1. The Morgan fingerprint density at radius 2 is 2.04 bits per heavy atom. The van der Waals surface area contributed by atoms with Crippen molar-refractivity contribution >= 4 is 11.7 Å². The molecule has 0 saturated carbocycles. The second kappa shape index (κ2) is 8.24. The van der Waals surface area contributed by atoms with Crippen molar-refractivity contribution in [2.24, 2.45) is 14.1 Å². The van der Waals surface area contributed by atoms with E-state index < -0.39 is 11.2 Å². The van der Waals surface area contributed by atoms with Crippen molar-refractivity contribution in [3.63, 3.8) is 0 Å².